The van der Waals surface area contributed by atoms with Crippen molar-refractivity contribution >= 4 is 17.9 Å². The standard InChI is InChI=1S/C12H18F3N3O4/c1-22-10(20)8-2-4-18(5-3-8)6-9(19)17-11(21)16-7-12(13,14)15/h8H,2-7H2,1H3,(H2,16,17,19,21). The number of rotatable bonds is 4. The highest BCUT2D eigenvalue weighted by atomic mass is 19.4. The van der Waals surface area contributed by atoms with Crippen LogP contribution in [0.2, 0.25) is 0 Å². The van der Waals surface area contributed by atoms with Gasteiger partial charge in [0.2, 0.25) is 5.91 Å². The average Bonchev–Trinajstić information content (AvgIpc) is 2.44. The van der Waals surface area contributed by atoms with E-state index in [-0.39, 0.29) is 18.4 Å². The number of esters is 1. The van der Waals surface area contributed by atoms with Crippen LogP contribution in [-0.2, 0) is 14.3 Å². The number of amides is 3. The normalized spacial score (nSPS) is 16.9. The first kappa shape index (κ1) is 18.2. The Bertz CT molecular complexity index is 420. The second-order valence-corrected chi connectivity index (χ2v) is 4.92. The molecule has 0 saturated carbocycles. The summed E-state index contributed by atoms with van der Waals surface area (Å²) in [6.07, 6.45) is -3.48. The molecule has 1 heterocycles. The minimum atomic E-state index is -4.53. The maximum absolute atomic E-state index is 11.9. The molecule has 0 radical (unpaired) electrons. The number of imide groups is 1. The van der Waals surface area contributed by atoms with Gasteiger partial charge in [-0.3, -0.25) is 19.8 Å². The Kier molecular flexibility index (Phi) is 6.60. The van der Waals surface area contributed by atoms with E-state index >= 15 is 0 Å². The lowest BCUT2D eigenvalue weighted by Crippen LogP contribution is -2.48. The molecule has 126 valence electrons. The fourth-order valence-electron chi connectivity index (χ4n) is 2.09. The molecule has 1 fully saturated rings. The highest BCUT2D eigenvalue weighted by Gasteiger charge is 2.29. The van der Waals surface area contributed by atoms with Crippen molar-refractivity contribution in [1.82, 2.24) is 15.5 Å². The number of nitrogens with one attached hydrogen (secondary N) is 2. The van der Waals surface area contributed by atoms with E-state index in [4.69, 9.17) is 0 Å². The quantitative estimate of drug-likeness (QED) is 0.724. The van der Waals surface area contributed by atoms with Crippen molar-refractivity contribution in [2.45, 2.75) is 19.0 Å². The minimum absolute atomic E-state index is 0.118. The fraction of sp³-hybridized carbons (Fsp3) is 0.750. The number of nitrogens with zero attached hydrogens (tertiary/aromatic N) is 1. The van der Waals surface area contributed by atoms with E-state index in [9.17, 15) is 27.6 Å². The van der Waals surface area contributed by atoms with Crippen molar-refractivity contribution in [2.75, 3.05) is 33.3 Å². The van der Waals surface area contributed by atoms with Crippen molar-refractivity contribution < 1.29 is 32.3 Å². The summed E-state index contributed by atoms with van der Waals surface area (Å²) >= 11 is 0. The van der Waals surface area contributed by atoms with Gasteiger partial charge in [0.15, 0.2) is 0 Å². The number of carbonyl (C=O) groups is 3. The number of alkyl halides is 3. The second kappa shape index (κ2) is 7.97. The van der Waals surface area contributed by atoms with Crippen LogP contribution in [-0.4, -0.2) is 62.3 Å². The summed E-state index contributed by atoms with van der Waals surface area (Å²) in [5.41, 5.74) is 0. The van der Waals surface area contributed by atoms with Crippen molar-refractivity contribution in [3.05, 3.63) is 0 Å². The summed E-state index contributed by atoms with van der Waals surface area (Å²) < 4.78 is 40.3. The van der Waals surface area contributed by atoms with Crippen LogP contribution in [0.4, 0.5) is 18.0 Å². The monoisotopic (exact) mass is 325 g/mol. The number of hydrogen-bond donors (Lipinski definition) is 2. The zero-order valence-corrected chi connectivity index (χ0v) is 12.0. The van der Waals surface area contributed by atoms with Gasteiger partial charge in [0, 0.05) is 0 Å². The third-order valence-electron chi connectivity index (χ3n) is 3.19. The van der Waals surface area contributed by atoms with Crippen molar-refractivity contribution in [3.8, 4) is 0 Å². The molecule has 22 heavy (non-hydrogen) atoms. The summed E-state index contributed by atoms with van der Waals surface area (Å²) in [6.45, 7) is -0.682. The van der Waals surface area contributed by atoms with Gasteiger partial charge in [-0.2, -0.15) is 13.2 Å². The molecule has 0 aliphatic carbocycles. The lowest BCUT2D eigenvalue weighted by atomic mass is 9.97. The van der Waals surface area contributed by atoms with Crippen LogP contribution in [0.5, 0.6) is 0 Å². The first-order valence-corrected chi connectivity index (χ1v) is 6.66. The van der Waals surface area contributed by atoms with Crippen LogP contribution in [0.3, 0.4) is 0 Å². The Morgan fingerprint density at radius 1 is 1.23 bits per heavy atom. The van der Waals surface area contributed by atoms with Gasteiger partial charge in [-0.05, 0) is 25.9 Å². The molecule has 1 rings (SSSR count). The lowest BCUT2D eigenvalue weighted by Gasteiger charge is -2.29. The molecule has 0 unspecified atom stereocenters. The lowest BCUT2D eigenvalue weighted by molar-refractivity contribution is -0.147. The minimum Gasteiger partial charge on any atom is -0.469 e. The summed E-state index contributed by atoms with van der Waals surface area (Å²) in [7, 11) is 1.31. The molecule has 0 bridgehead atoms. The molecular weight excluding hydrogens is 307 g/mol. The molecule has 10 heteroatoms. The highest BCUT2D eigenvalue weighted by molar-refractivity contribution is 5.95. The van der Waals surface area contributed by atoms with Crippen molar-refractivity contribution in [2.24, 2.45) is 5.92 Å². The van der Waals surface area contributed by atoms with Crippen molar-refractivity contribution in [1.29, 1.82) is 0 Å². The third-order valence-corrected chi connectivity index (χ3v) is 3.19. The smallest absolute Gasteiger partial charge is 0.405 e. The Morgan fingerprint density at radius 2 is 1.82 bits per heavy atom. The summed E-state index contributed by atoms with van der Waals surface area (Å²) in [6, 6.07) is -1.19. The van der Waals surface area contributed by atoms with E-state index < -0.39 is 24.7 Å². The van der Waals surface area contributed by atoms with E-state index in [2.05, 4.69) is 4.74 Å². The van der Waals surface area contributed by atoms with Crippen LogP contribution in [0.25, 0.3) is 0 Å². The molecule has 1 saturated heterocycles. The van der Waals surface area contributed by atoms with E-state index in [1.807, 2.05) is 5.32 Å². The molecular formula is C12H18F3N3O4. The van der Waals surface area contributed by atoms with E-state index in [1.54, 1.807) is 10.2 Å². The second-order valence-electron chi connectivity index (χ2n) is 4.92. The predicted molar refractivity (Wildman–Crippen MR) is 68.8 cm³/mol. The maximum atomic E-state index is 11.9. The van der Waals surface area contributed by atoms with Crippen LogP contribution in [0.15, 0.2) is 0 Å². The van der Waals surface area contributed by atoms with Crippen molar-refractivity contribution in [3.63, 3.8) is 0 Å². The summed E-state index contributed by atoms with van der Waals surface area (Å²) in [4.78, 5) is 35.7. The largest absolute Gasteiger partial charge is 0.469 e. The van der Waals surface area contributed by atoms with Crippen LogP contribution < -0.4 is 10.6 Å². The van der Waals surface area contributed by atoms with Gasteiger partial charge >= 0.3 is 18.2 Å². The van der Waals surface area contributed by atoms with E-state index in [0.29, 0.717) is 25.9 Å². The molecule has 0 aromatic heterocycles. The number of piperidine rings is 1. The Morgan fingerprint density at radius 3 is 2.32 bits per heavy atom. The van der Waals surface area contributed by atoms with Gasteiger partial charge in [0.25, 0.3) is 0 Å². The maximum Gasteiger partial charge on any atom is 0.405 e. The SMILES string of the molecule is COC(=O)C1CCN(CC(=O)NC(=O)NCC(F)(F)F)CC1. The molecule has 0 aromatic carbocycles. The van der Waals surface area contributed by atoms with Gasteiger partial charge in [0.05, 0.1) is 19.6 Å². The number of ether oxygens (including phenoxy) is 1. The third kappa shape index (κ3) is 6.74. The van der Waals surface area contributed by atoms with Gasteiger partial charge in [-0.1, -0.05) is 0 Å². The van der Waals surface area contributed by atoms with Crippen LogP contribution in [0, 0.1) is 5.92 Å². The molecule has 7 nitrogen and oxygen atoms in total. The Balaban J connectivity index is 2.26. The summed E-state index contributed by atoms with van der Waals surface area (Å²) in [5, 5.41) is 3.37. The summed E-state index contributed by atoms with van der Waals surface area (Å²) in [5.74, 6) is -1.20. The van der Waals surface area contributed by atoms with Crippen LogP contribution >= 0.6 is 0 Å². The zero-order chi connectivity index (χ0) is 16.8. The molecule has 0 atom stereocenters. The molecule has 3 amide bonds. The number of methoxy groups -OCH3 is 1. The van der Waals surface area contributed by atoms with Gasteiger partial charge in [-0.15, -0.1) is 0 Å². The highest BCUT2D eigenvalue weighted by Crippen LogP contribution is 2.18. The molecule has 2 N–H and O–H groups in total. The Labute approximate surface area is 125 Å². The first-order valence-electron chi connectivity index (χ1n) is 6.66. The van der Waals surface area contributed by atoms with E-state index in [0.717, 1.165) is 0 Å². The van der Waals surface area contributed by atoms with Crippen LogP contribution in [0.1, 0.15) is 12.8 Å². The number of carbonyl (C=O) groups excluding carboxylic acids is 3. The topological polar surface area (TPSA) is 87.7 Å². The van der Waals surface area contributed by atoms with E-state index in [1.165, 1.54) is 7.11 Å². The molecule has 0 spiro atoms. The number of urea groups is 1. The first-order chi connectivity index (χ1) is 10.2. The predicted octanol–water partition coefficient (Wildman–Crippen LogP) is 0.259. The molecule has 1 aliphatic heterocycles. The number of likely N-dealkylation sites (tertiary alicyclic amines) is 1. The molecule has 0 aromatic rings. The Hall–Kier alpha value is -1.84. The fourth-order valence-corrected chi connectivity index (χ4v) is 2.09. The average molecular weight is 325 g/mol. The van der Waals surface area contributed by atoms with Gasteiger partial charge in [0.1, 0.15) is 6.54 Å². The number of hydrogen-bond acceptors (Lipinski definition) is 5. The number of halogens is 3. The molecule has 1 aliphatic rings. The zero-order valence-electron chi connectivity index (χ0n) is 12.0. The van der Waals surface area contributed by atoms with Gasteiger partial charge < -0.3 is 10.1 Å². The van der Waals surface area contributed by atoms with Gasteiger partial charge in [-0.25, -0.2) is 4.79 Å².